The Hall–Kier alpha value is -3.96. The van der Waals surface area contributed by atoms with Gasteiger partial charge in [0.1, 0.15) is 11.5 Å². The van der Waals surface area contributed by atoms with Crippen molar-refractivity contribution in [1.29, 1.82) is 0 Å². The lowest BCUT2D eigenvalue weighted by atomic mass is 9.92. The largest absolute Gasteiger partial charge is 0.497 e. The van der Waals surface area contributed by atoms with Crippen LogP contribution in [0.4, 0.5) is 16.2 Å². The Morgan fingerprint density at radius 1 is 0.600 bits per heavy atom. The highest BCUT2D eigenvalue weighted by Gasteiger charge is 2.48. The first-order valence-electron chi connectivity index (χ1n) is 11.3. The van der Waals surface area contributed by atoms with Gasteiger partial charge in [-0.1, -0.05) is 54.1 Å². The third-order valence-electron chi connectivity index (χ3n) is 6.32. The normalized spacial score (nSPS) is 17.5. The molecule has 6 heteroatoms. The topological polar surface area (TPSA) is 42.0 Å². The lowest BCUT2D eigenvalue weighted by Gasteiger charge is -2.29. The summed E-state index contributed by atoms with van der Waals surface area (Å²) in [5.41, 5.74) is 3.60. The van der Waals surface area contributed by atoms with E-state index in [1.54, 1.807) is 14.2 Å². The van der Waals surface area contributed by atoms with Crippen molar-refractivity contribution in [2.24, 2.45) is 0 Å². The van der Waals surface area contributed by atoms with E-state index in [1.807, 2.05) is 101 Å². The van der Waals surface area contributed by atoms with Crippen LogP contribution >= 0.6 is 11.6 Å². The van der Waals surface area contributed by atoms with Gasteiger partial charge in [0.25, 0.3) is 0 Å². The second-order valence-electron chi connectivity index (χ2n) is 8.27. The first kappa shape index (κ1) is 22.8. The monoisotopic (exact) mass is 484 g/mol. The zero-order valence-electron chi connectivity index (χ0n) is 19.5. The molecule has 2 atom stereocenters. The van der Waals surface area contributed by atoms with Crippen LogP contribution in [0.2, 0.25) is 5.02 Å². The van der Waals surface area contributed by atoms with E-state index in [0.29, 0.717) is 5.02 Å². The summed E-state index contributed by atoms with van der Waals surface area (Å²) < 4.78 is 10.7. The summed E-state index contributed by atoms with van der Waals surface area (Å²) in [6.45, 7) is 0. The second-order valence-corrected chi connectivity index (χ2v) is 8.71. The highest BCUT2D eigenvalue weighted by Crippen LogP contribution is 2.49. The van der Waals surface area contributed by atoms with Crippen molar-refractivity contribution >= 4 is 29.0 Å². The summed E-state index contributed by atoms with van der Waals surface area (Å²) in [4.78, 5) is 17.9. The molecule has 0 radical (unpaired) electrons. The Bertz CT molecular complexity index is 1290. The number of carbonyl (C=O) groups excluding carboxylic acids is 1. The number of methoxy groups -OCH3 is 2. The second kappa shape index (κ2) is 9.72. The molecule has 0 aliphatic carbocycles. The van der Waals surface area contributed by atoms with Crippen molar-refractivity contribution in [3.8, 4) is 11.5 Å². The molecule has 0 aromatic heterocycles. The van der Waals surface area contributed by atoms with E-state index in [4.69, 9.17) is 21.1 Å². The van der Waals surface area contributed by atoms with E-state index in [9.17, 15) is 4.79 Å². The third-order valence-corrected chi connectivity index (χ3v) is 6.57. The fourth-order valence-corrected chi connectivity index (χ4v) is 4.76. The van der Waals surface area contributed by atoms with Crippen LogP contribution in [0, 0.1) is 0 Å². The number of urea groups is 1. The van der Waals surface area contributed by atoms with Crippen molar-refractivity contribution in [1.82, 2.24) is 0 Å². The Morgan fingerprint density at radius 3 is 1.46 bits per heavy atom. The number of nitrogens with zero attached hydrogens (tertiary/aromatic N) is 2. The molecule has 4 aromatic carbocycles. The van der Waals surface area contributed by atoms with Crippen LogP contribution in [0.3, 0.4) is 0 Å². The smallest absolute Gasteiger partial charge is 0.330 e. The van der Waals surface area contributed by atoms with Crippen LogP contribution in [0.5, 0.6) is 11.5 Å². The third kappa shape index (κ3) is 4.31. The number of rotatable bonds is 6. The maximum Gasteiger partial charge on any atom is 0.330 e. The van der Waals surface area contributed by atoms with E-state index >= 15 is 0 Å². The number of halogens is 1. The van der Waals surface area contributed by atoms with Crippen LogP contribution < -0.4 is 19.3 Å². The molecule has 1 fully saturated rings. The minimum atomic E-state index is -0.294. The first-order chi connectivity index (χ1) is 17.1. The number of anilines is 2. The molecule has 4 aromatic rings. The average Bonchev–Trinajstić information content (AvgIpc) is 3.22. The molecular formula is C29H25ClN2O3. The van der Waals surface area contributed by atoms with Gasteiger partial charge in [0.05, 0.1) is 26.3 Å². The summed E-state index contributed by atoms with van der Waals surface area (Å²) in [5.74, 6) is 1.47. The van der Waals surface area contributed by atoms with Crippen LogP contribution in [0.25, 0.3) is 0 Å². The Kier molecular flexibility index (Phi) is 6.34. The van der Waals surface area contributed by atoms with E-state index in [1.165, 1.54) is 0 Å². The molecule has 1 saturated heterocycles. The molecule has 5 nitrogen and oxygen atoms in total. The van der Waals surface area contributed by atoms with Gasteiger partial charge in [-0.05, 0) is 71.8 Å². The number of hydrogen-bond acceptors (Lipinski definition) is 3. The predicted octanol–water partition coefficient (Wildman–Crippen LogP) is 7.29. The molecule has 0 unspecified atom stereocenters. The van der Waals surface area contributed by atoms with Crippen molar-refractivity contribution in [3.05, 3.63) is 119 Å². The summed E-state index contributed by atoms with van der Waals surface area (Å²) in [5, 5.41) is 0.650. The summed E-state index contributed by atoms with van der Waals surface area (Å²) in [6, 6.07) is 32.3. The van der Waals surface area contributed by atoms with Gasteiger partial charge < -0.3 is 9.47 Å². The summed E-state index contributed by atoms with van der Waals surface area (Å²) in [6.07, 6.45) is 0. The molecule has 176 valence electrons. The minimum Gasteiger partial charge on any atom is -0.497 e. The molecule has 0 spiro atoms. The molecule has 1 aliphatic heterocycles. The highest BCUT2D eigenvalue weighted by molar-refractivity contribution is 6.30. The Morgan fingerprint density at radius 2 is 1.03 bits per heavy atom. The van der Waals surface area contributed by atoms with Crippen molar-refractivity contribution in [2.75, 3.05) is 24.0 Å². The van der Waals surface area contributed by atoms with Gasteiger partial charge in [0.2, 0.25) is 0 Å². The average molecular weight is 485 g/mol. The van der Waals surface area contributed by atoms with Gasteiger partial charge in [-0.15, -0.1) is 0 Å². The molecule has 0 N–H and O–H groups in total. The lowest BCUT2D eigenvalue weighted by Crippen LogP contribution is -2.32. The van der Waals surface area contributed by atoms with Gasteiger partial charge >= 0.3 is 6.03 Å². The molecule has 1 heterocycles. The Labute approximate surface area is 210 Å². The summed E-state index contributed by atoms with van der Waals surface area (Å²) >= 11 is 6.22. The first-order valence-corrected chi connectivity index (χ1v) is 11.7. The van der Waals surface area contributed by atoms with Gasteiger partial charge in [0, 0.05) is 16.4 Å². The van der Waals surface area contributed by atoms with Crippen LogP contribution in [0.1, 0.15) is 23.2 Å². The van der Waals surface area contributed by atoms with E-state index in [-0.39, 0.29) is 18.1 Å². The molecular weight excluding hydrogens is 460 g/mol. The number of hydrogen-bond donors (Lipinski definition) is 0. The SMILES string of the molecule is COc1ccc(N2C(=O)N(c3ccc(OC)cc3)[C@H](c3ccc(Cl)cc3)[C@H]2c2ccccc2)cc1. The van der Waals surface area contributed by atoms with Gasteiger partial charge in [-0.2, -0.15) is 0 Å². The van der Waals surface area contributed by atoms with Gasteiger partial charge in [-0.3, -0.25) is 9.80 Å². The molecule has 35 heavy (non-hydrogen) atoms. The van der Waals surface area contributed by atoms with Crippen molar-refractivity contribution in [2.45, 2.75) is 12.1 Å². The number of amides is 2. The Balaban J connectivity index is 1.71. The lowest BCUT2D eigenvalue weighted by molar-refractivity contribution is 0.255. The summed E-state index contributed by atoms with van der Waals surface area (Å²) in [7, 11) is 3.26. The maximum absolute atomic E-state index is 14.2. The molecule has 0 saturated carbocycles. The van der Waals surface area contributed by atoms with Gasteiger partial charge in [-0.25, -0.2) is 4.79 Å². The maximum atomic E-state index is 14.2. The van der Waals surface area contributed by atoms with Crippen LogP contribution in [-0.2, 0) is 0 Å². The minimum absolute atomic E-state index is 0.117. The number of ether oxygens (including phenoxy) is 2. The zero-order chi connectivity index (χ0) is 24.4. The predicted molar refractivity (Wildman–Crippen MR) is 140 cm³/mol. The zero-order valence-corrected chi connectivity index (χ0v) is 20.2. The molecule has 5 rings (SSSR count). The van der Waals surface area contributed by atoms with Crippen LogP contribution in [-0.4, -0.2) is 20.3 Å². The van der Waals surface area contributed by atoms with Crippen LogP contribution in [0.15, 0.2) is 103 Å². The van der Waals surface area contributed by atoms with Crippen molar-refractivity contribution in [3.63, 3.8) is 0 Å². The quantitative estimate of drug-likeness (QED) is 0.288. The molecule has 1 aliphatic rings. The number of benzene rings is 4. The fourth-order valence-electron chi connectivity index (χ4n) is 4.64. The van der Waals surface area contributed by atoms with Crippen molar-refractivity contribution < 1.29 is 14.3 Å². The van der Waals surface area contributed by atoms with Gasteiger partial charge in [0.15, 0.2) is 0 Å². The standard InChI is InChI=1S/C29H25ClN2O3/c1-34-25-16-12-23(13-17-25)31-27(20-6-4-3-5-7-20)28(21-8-10-22(30)11-9-21)32(29(31)33)24-14-18-26(35-2)19-15-24/h3-19,27-28H,1-2H3/t27-,28-/m1/s1. The highest BCUT2D eigenvalue weighted by atomic mass is 35.5. The number of carbonyl (C=O) groups is 1. The fraction of sp³-hybridized carbons (Fsp3) is 0.138. The molecule has 0 bridgehead atoms. The van der Waals surface area contributed by atoms with E-state index in [2.05, 4.69) is 12.1 Å². The van der Waals surface area contributed by atoms with E-state index < -0.39 is 0 Å². The molecule has 2 amide bonds. The van der Waals surface area contributed by atoms with E-state index in [0.717, 1.165) is 34.0 Å².